The third-order valence-electron chi connectivity index (χ3n) is 5.93. The van der Waals surface area contributed by atoms with E-state index in [1.807, 2.05) is 38.1 Å². The molecule has 9 heteroatoms. The third-order valence-corrected chi connectivity index (χ3v) is 7.76. The molecule has 0 aliphatic heterocycles. The lowest BCUT2D eigenvalue weighted by Crippen LogP contribution is -2.30. The first-order valence-electron chi connectivity index (χ1n) is 12.6. The van der Waals surface area contributed by atoms with E-state index in [9.17, 15) is 14.4 Å². The van der Waals surface area contributed by atoms with Gasteiger partial charge in [-0.1, -0.05) is 77.3 Å². The maximum atomic E-state index is 13.4. The van der Waals surface area contributed by atoms with E-state index in [2.05, 4.69) is 16.0 Å². The summed E-state index contributed by atoms with van der Waals surface area (Å²) in [6, 6.07) is 26.6. The van der Waals surface area contributed by atoms with Gasteiger partial charge in [-0.15, -0.1) is 11.8 Å². The molecule has 4 rings (SSSR count). The van der Waals surface area contributed by atoms with Crippen LogP contribution in [0.4, 0.5) is 11.4 Å². The molecule has 3 amide bonds. The molecule has 0 radical (unpaired) electrons. The largest absolute Gasteiger partial charge is 0.325 e. The minimum Gasteiger partial charge on any atom is -0.325 e. The molecular weight excluding hydrogens is 577 g/mol. The molecule has 0 heterocycles. The quantitative estimate of drug-likeness (QED) is 0.135. The number of halogens is 2. The van der Waals surface area contributed by atoms with Crippen molar-refractivity contribution in [3.05, 3.63) is 129 Å². The summed E-state index contributed by atoms with van der Waals surface area (Å²) >= 11 is 13.8. The lowest BCUT2D eigenvalue weighted by Gasteiger charge is -2.13. The molecule has 41 heavy (non-hydrogen) atoms. The number of nitrogens with one attached hydrogen (secondary N) is 3. The molecule has 0 saturated carbocycles. The lowest BCUT2D eigenvalue weighted by atomic mass is 10.1. The molecule has 0 spiro atoms. The Kier molecular flexibility index (Phi) is 10.2. The van der Waals surface area contributed by atoms with Crippen LogP contribution in [0.15, 0.2) is 102 Å². The summed E-state index contributed by atoms with van der Waals surface area (Å²) in [5, 5.41) is 9.02. The Morgan fingerprint density at radius 3 is 2.34 bits per heavy atom. The van der Waals surface area contributed by atoms with Crippen LogP contribution in [-0.2, 0) is 9.59 Å². The zero-order chi connectivity index (χ0) is 29.4. The first-order valence-corrected chi connectivity index (χ1v) is 14.4. The van der Waals surface area contributed by atoms with Crippen molar-refractivity contribution in [2.45, 2.75) is 18.7 Å². The number of aryl methyl sites for hydroxylation is 2. The van der Waals surface area contributed by atoms with Crippen LogP contribution in [0.3, 0.4) is 0 Å². The van der Waals surface area contributed by atoms with Crippen LogP contribution in [0.5, 0.6) is 0 Å². The van der Waals surface area contributed by atoms with E-state index in [-0.39, 0.29) is 22.4 Å². The normalized spacial score (nSPS) is 11.1. The van der Waals surface area contributed by atoms with E-state index < -0.39 is 11.8 Å². The number of thioether (sulfide) groups is 1. The zero-order valence-electron chi connectivity index (χ0n) is 22.3. The maximum Gasteiger partial charge on any atom is 0.272 e. The predicted molar refractivity (Wildman–Crippen MR) is 169 cm³/mol. The molecule has 3 N–H and O–H groups in total. The summed E-state index contributed by atoms with van der Waals surface area (Å²) < 4.78 is 0. The Morgan fingerprint density at radius 1 is 0.829 bits per heavy atom. The first kappa shape index (κ1) is 29.9. The summed E-state index contributed by atoms with van der Waals surface area (Å²) in [5.74, 6) is -0.955. The highest BCUT2D eigenvalue weighted by molar-refractivity contribution is 8.00. The fraction of sp³-hybridized carbons (Fsp3) is 0.0938. The smallest absolute Gasteiger partial charge is 0.272 e. The number of hydrogen-bond donors (Lipinski definition) is 3. The van der Waals surface area contributed by atoms with Gasteiger partial charge in [-0.05, 0) is 73.5 Å². The van der Waals surface area contributed by atoms with Gasteiger partial charge in [-0.25, -0.2) is 0 Å². The van der Waals surface area contributed by atoms with Gasteiger partial charge >= 0.3 is 0 Å². The van der Waals surface area contributed by atoms with Gasteiger partial charge in [0.2, 0.25) is 5.91 Å². The van der Waals surface area contributed by atoms with Gasteiger partial charge in [0.1, 0.15) is 5.70 Å². The second-order valence-corrected chi connectivity index (χ2v) is 11.0. The molecule has 0 fully saturated rings. The Balaban J connectivity index is 1.48. The zero-order valence-corrected chi connectivity index (χ0v) is 24.7. The van der Waals surface area contributed by atoms with Crippen molar-refractivity contribution in [2.75, 3.05) is 16.4 Å². The molecule has 4 aromatic rings. The van der Waals surface area contributed by atoms with Crippen LogP contribution in [0.2, 0.25) is 10.0 Å². The molecule has 0 saturated heterocycles. The molecule has 0 bridgehead atoms. The van der Waals surface area contributed by atoms with Gasteiger partial charge < -0.3 is 16.0 Å². The highest BCUT2D eigenvalue weighted by atomic mass is 35.5. The highest BCUT2D eigenvalue weighted by Gasteiger charge is 2.17. The molecule has 0 unspecified atom stereocenters. The minimum absolute atomic E-state index is 0.0195. The first-order chi connectivity index (χ1) is 19.7. The molecule has 4 aromatic carbocycles. The van der Waals surface area contributed by atoms with E-state index in [0.29, 0.717) is 21.8 Å². The monoisotopic (exact) mass is 603 g/mol. The fourth-order valence-electron chi connectivity index (χ4n) is 3.88. The Bertz CT molecular complexity index is 1620. The lowest BCUT2D eigenvalue weighted by molar-refractivity contribution is -0.114. The Morgan fingerprint density at radius 2 is 1.59 bits per heavy atom. The molecule has 0 atom stereocenters. The van der Waals surface area contributed by atoms with Gasteiger partial charge in [-0.2, -0.15) is 0 Å². The fourth-order valence-corrected chi connectivity index (χ4v) is 5.00. The van der Waals surface area contributed by atoms with Gasteiger partial charge in [0, 0.05) is 21.8 Å². The summed E-state index contributed by atoms with van der Waals surface area (Å²) in [7, 11) is 0. The SMILES string of the molecule is Cc1ccc(NC(=O)CSc2cccc(NC(=O)/C(=C\c3cccc(Cl)c3Cl)NC(=O)c3ccccc3)c2)c(C)c1. The Labute approximate surface area is 253 Å². The molecule has 6 nitrogen and oxygen atoms in total. The van der Waals surface area contributed by atoms with Gasteiger partial charge in [0.05, 0.1) is 15.8 Å². The Hall–Kier alpha value is -4.04. The van der Waals surface area contributed by atoms with Crippen molar-refractivity contribution < 1.29 is 14.4 Å². The third kappa shape index (κ3) is 8.47. The second-order valence-electron chi connectivity index (χ2n) is 9.16. The maximum absolute atomic E-state index is 13.4. The van der Waals surface area contributed by atoms with Gasteiger partial charge in [0.15, 0.2) is 0 Å². The summed E-state index contributed by atoms with van der Waals surface area (Å²) in [4.78, 5) is 39.6. The summed E-state index contributed by atoms with van der Waals surface area (Å²) in [6.45, 7) is 3.95. The van der Waals surface area contributed by atoms with Crippen LogP contribution in [0.1, 0.15) is 27.0 Å². The minimum atomic E-state index is -0.555. The van der Waals surface area contributed by atoms with Crippen molar-refractivity contribution in [1.82, 2.24) is 5.32 Å². The number of anilines is 2. The van der Waals surface area contributed by atoms with E-state index in [1.165, 1.54) is 17.8 Å². The number of hydrogen-bond acceptors (Lipinski definition) is 4. The number of carbonyl (C=O) groups excluding carboxylic acids is 3. The van der Waals surface area contributed by atoms with Crippen LogP contribution in [0.25, 0.3) is 6.08 Å². The van der Waals surface area contributed by atoms with Crippen LogP contribution in [-0.4, -0.2) is 23.5 Å². The van der Waals surface area contributed by atoms with Crippen molar-refractivity contribution in [1.29, 1.82) is 0 Å². The van der Waals surface area contributed by atoms with E-state index >= 15 is 0 Å². The predicted octanol–water partition coefficient (Wildman–Crippen LogP) is 7.75. The number of rotatable bonds is 9. The van der Waals surface area contributed by atoms with Crippen molar-refractivity contribution >= 4 is 70.1 Å². The number of amides is 3. The van der Waals surface area contributed by atoms with Crippen LogP contribution < -0.4 is 16.0 Å². The molecule has 0 aromatic heterocycles. The van der Waals surface area contributed by atoms with Crippen LogP contribution in [0, 0.1) is 13.8 Å². The topological polar surface area (TPSA) is 87.3 Å². The second kappa shape index (κ2) is 14.0. The molecule has 0 aliphatic rings. The summed E-state index contributed by atoms with van der Waals surface area (Å²) in [6.07, 6.45) is 1.47. The standard InChI is InChI=1S/C32H27Cl2N3O3S/c1-20-14-15-27(21(2)16-20)36-29(38)19-41-25-12-7-11-24(18-25)35-32(40)28(17-23-10-6-13-26(33)30(23)34)37-31(39)22-8-4-3-5-9-22/h3-18H,19H2,1-2H3,(H,35,40)(H,36,38)(H,37,39)/b28-17+. The van der Waals surface area contributed by atoms with Crippen molar-refractivity contribution in [2.24, 2.45) is 0 Å². The average molecular weight is 605 g/mol. The van der Waals surface area contributed by atoms with Gasteiger partial charge in [-0.3, -0.25) is 14.4 Å². The highest BCUT2D eigenvalue weighted by Crippen LogP contribution is 2.28. The van der Waals surface area contributed by atoms with Crippen LogP contribution >= 0.6 is 35.0 Å². The van der Waals surface area contributed by atoms with E-state index in [1.54, 1.807) is 66.7 Å². The molecule has 0 aliphatic carbocycles. The van der Waals surface area contributed by atoms with E-state index in [4.69, 9.17) is 23.2 Å². The van der Waals surface area contributed by atoms with E-state index in [0.717, 1.165) is 21.7 Å². The van der Waals surface area contributed by atoms with Crippen molar-refractivity contribution in [3.63, 3.8) is 0 Å². The number of benzene rings is 4. The number of carbonyl (C=O) groups is 3. The molecule has 208 valence electrons. The summed E-state index contributed by atoms with van der Waals surface area (Å²) in [5.41, 5.74) is 4.23. The average Bonchev–Trinajstić information content (AvgIpc) is 2.96. The molecular formula is C32H27Cl2N3O3S. The van der Waals surface area contributed by atoms with Gasteiger partial charge in [0.25, 0.3) is 11.8 Å². The van der Waals surface area contributed by atoms with Crippen molar-refractivity contribution in [3.8, 4) is 0 Å².